The average molecular weight is 261 g/mol. The van der Waals surface area contributed by atoms with Gasteiger partial charge in [0.2, 0.25) is 0 Å². The van der Waals surface area contributed by atoms with Gasteiger partial charge in [0.1, 0.15) is 5.82 Å². The van der Waals surface area contributed by atoms with Gasteiger partial charge in [-0.1, -0.05) is 0 Å². The highest BCUT2D eigenvalue weighted by Crippen LogP contribution is 2.41. The van der Waals surface area contributed by atoms with E-state index >= 15 is 0 Å². The molecule has 5 nitrogen and oxygen atoms in total. The van der Waals surface area contributed by atoms with E-state index in [1.54, 1.807) is 11.3 Å². The topological polar surface area (TPSA) is 55.6 Å². The molecule has 1 fully saturated rings. The maximum atomic E-state index is 4.72. The molecule has 2 aromatic rings. The summed E-state index contributed by atoms with van der Waals surface area (Å²) in [5.41, 5.74) is 1.24. The van der Waals surface area contributed by atoms with Crippen molar-refractivity contribution in [2.45, 2.75) is 38.3 Å². The van der Waals surface area contributed by atoms with Gasteiger partial charge in [-0.2, -0.15) is 0 Å². The van der Waals surface area contributed by atoms with Crippen LogP contribution in [0.4, 0.5) is 0 Å². The Balaban J connectivity index is 1.75. The molecule has 1 N–H and O–H groups in total. The summed E-state index contributed by atoms with van der Waals surface area (Å²) in [6.07, 6.45) is 2.59. The highest BCUT2D eigenvalue weighted by atomic mass is 32.1. The van der Waals surface area contributed by atoms with Crippen LogP contribution >= 0.6 is 11.3 Å². The number of nitrogens with one attached hydrogen (secondary N) is 1. The lowest BCUT2D eigenvalue weighted by Gasteiger charge is -2.21. The maximum absolute atomic E-state index is 4.72. The van der Waals surface area contributed by atoms with Crippen LogP contribution in [0.25, 0.3) is 10.8 Å². The molecule has 3 heterocycles. The van der Waals surface area contributed by atoms with E-state index in [4.69, 9.17) is 4.98 Å². The van der Waals surface area contributed by atoms with Crippen molar-refractivity contribution in [3.63, 3.8) is 0 Å². The summed E-state index contributed by atoms with van der Waals surface area (Å²) < 4.78 is 2.21. The zero-order chi connectivity index (χ0) is 12.1. The SMILES string of the molecule is C[C@H]1NCCn2c(-c3nc(C4CC4)cs3)nnc21. The van der Waals surface area contributed by atoms with Crippen molar-refractivity contribution in [1.29, 1.82) is 0 Å². The Labute approximate surface area is 109 Å². The van der Waals surface area contributed by atoms with Crippen LogP contribution in [0.15, 0.2) is 5.38 Å². The monoisotopic (exact) mass is 261 g/mol. The second kappa shape index (κ2) is 3.86. The fraction of sp³-hybridized carbons (Fsp3) is 0.583. The number of nitrogens with zero attached hydrogens (tertiary/aromatic N) is 4. The van der Waals surface area contributed by atoms with Gasteiger partial charge in [0.25, 0.3) is 0 Å². The zero-order valence-corrected chi connectivity index (χ0v) is 11.1. The minimum Gasteiger partial charge on any atom is -0.306 e. The second-order valence-corrected chi connectivity index (χ2v) is 5.92. The molecule has 0 unspecified atom stereocenters. The van der Waals surface area contributed by atoms with Crippen LogP contribution in [0.1, 0.15) is 43.2 Å². The molecule has 6 heteroatoms. The number of hydrogen-bond acceptors (Lipinski definition) is 5. The maximum Gasteiger partial charge on any atom is 0.193 e. The number of fused-ring (bicyclic) bond motifs is 1. The quantitative estimate of drug-likeness (QED) is 0.897. The summed E-state index contributed by atoms with van der Waals surface area (Å²) in [5, 5.41) is 15.2. The first-order valence-corrected chi connectivity index (χ1v) is 7.33. The first kappa shape index (κ1) is 10.6. The molecule has 2 aromatic heterocycles. The molecule has 0 spiro atoms. The summed E-state index contributed by atoms with van der Waals surface area (Å²) >= 11 is 1.69. The second-order valence-electron chi connectivity index (χ2n) is 5.06. The number of aromatic nitrogens is 4. The molecular weight excluding hydrogens is 246 g/mol. The fourth-order valence-corrected chi connectivity index (χ4v) is 3.35. The van der Waals surface area contributed by atoms with Gasteiger partial charge in [-0.25, -0.2) is 4.98 Å². The van der Waals surface area contributed by atoms with Crippen LogP contribution in [-0.2, 0) is 6.54 Å². The van der Waals surface area contributed by atoms with Crippen molar-refractivity contribution in [2.75, 3.05) is 6.54 Å². The number of hydrogen-bond donors (Lipinski definition) is 1. The van der Waals surface area contributed by atoms with Gasteiger partial charge in [0.05, 0.1) is 11.7 Å². The third-order valence-corrected chi connectivity index (χ3v) is 4.52. The molecule has 94 valence electrons. The van der Waals surface area contributed by atoms with Crippen molar-refractivity contribution < 1.29 is 0 Å². The molecule has 1 aliphatic heterocycles. The Hall–Kier alpha value is -1.27. The third-order valence-electron chi connectivity index (χ3n) is 3.66. The lowest BCUT2D eigenvalue weighted by Crippen LogP contribution is -2.32. The van der Waals surface area contributed by atoms with Crippen LogP contribution in [-0.4, -0.2) is 26.3 Å². The lowest BCUT2D eigenvalue weighted by atomic mass is 10.2. The van der Waals surface area contributed by atoms with E-state index in [0.29, 0.717) is 5.92 Å². The van der Waals surface area contributed by atoms with Crippen LogP contribution in [0.3, 0.4) is 0 Å². The Kier molecular flexibility index (Phi) is 2.28. The molecule has 0 saturated heterocycles. The van der Waals surface area contributed by atoms with Crippen LogP contribution < -0.4 is 5.32 Å². The molecule has 4 rings (SSSR count). The minimum absolute atomic E-state index is 0.280. The summed E-state index contributed by atoms with van der Waals surface area (Å²) in [6, 6.07) is 0.280. The van der Waals surface area contributed by atoms with Crippen LogP contribution in [0.5, 0.6) is 0 Å². The molecule has 0 radical (unpaired) electrons. The van der Waals surface area contributed by atoms with E-state index in [-0.39, 0.29) is 6.04 Å². The summed E-state index contributed by atoms with van der Waals surface area (Å²) in [4.78, 5) is 4.72. The normalized spacial score (nSPS) is 23.1. The predicted molar refractivity (Wildman–Crippen MR) is 69.5 cm³/mol. The Morgan fingerprint density at radius 3 is 3.11 bits per heavy atom. The first-order chi connectivity index (χ1) is 8.83. The molecule has 1 aliphatic carbocycles. The molecule has 0 bridgehead atoms. The van der Waals surface area contributed by atoms with Gasteiger partial charge in [0, 0.05) is 24.4 Å². The van der Waals surface area contributed by atoms with Gasteiger partial charge in [-0.05, 0) is 19.8 Å². The van der Waals surface area contributed by atoms with Crippen LogP contribution in [0.2, 0.25) is 0 Å². The van der Waals surface area contributed by atoms with E-state index < -0.39 is 0 Å². The molecule has 1 atom stereocenters. The van der Waals surface area contributed by atoms with Crippen molar-refractivity contribution >= 4 is 11.3 Å². The van der Waals surface area contributed by atoms with Gasteiger partial charge in [-0.15, -0.1) is 21.5 Å². The molecule has 0 aromatic carbocycles. The molecule has 18 heavy (non-hydrogen) atoms. The summed E-state index contributed by atoms with van der Waals surface area (Å²) in [7, 11) is 0. The standard InChI is InChI=1S/C12H15N5S/c1-7-10-15-16-11(17(10)5-4-13-7)12-14-9(6-18-12)8-2-3-8/h6-8,13H,2-5H2,1H3/t7-/m1/s1. The number of thiazole rings is 1. The third kappa shape index (κ3) is 1.59. The Morgan fingerprint density at radius 1 is 1.39 bits per heavy atom. The average Bonchev–Trinajstić information content (AvgIpc) is 2.95. The van der Waals surface area contributed by atoms with E-state index in [1.165, 1.54) is 18.5 Å². The Morgan fingerprint density at radius 2 is 2.28 bits per heavy atom. The Bertz CT molecular complexity index is 583. The fourth-order valence-electron chi connectivity index (χ4n) is 2.45. The van der Waals surface area contributed by atoms with Crippen molar-refractivity contribution in [2.24, 2.45) is 0 Å². The van der Waals surface area contributed by atoms with Gasteiger partial charge >= 0.3 is 0 Å². The smallest absolute Gasteiger partial charge is 0.193 e. The summed E-state index contributed by atoms with van der Waals surface area (Å²) in [6.45, 7) is 4.03. The van der Waals surface area contributed by atoms with Gasteiger partial charge in [0.15, 0.2) is 10.8 Å². The van der Waals surface area contributed by atoms with Crippen LogP contribution in [0, 0.1) is 0 Å². The van der Waals surface area contributed by atoms with Crippen molar-refractivity contribution in [3.8, 4) is 10.8 Å². The zero-order valence-electron chi connectivity index (χ0n) is 10.3. The highest BCUT2D eigenvalue weighted by molar-refractivity contribution is 7.13. The first-order valence-electron chi connectivity index (χ1n) is 6.45. The van der Waals surface area contributed by atoms with Crippen molar-refractivity contribution in [3.05, 3.63) is 16.9 Å². The van der Waals surface area contributed by atoms with E-state index in [9.17, 15) is 0 Å². The number of rotatable bonds is 2. The van der Waals surface area contributed by atoms with Gasteiger partial charge in [-0.3, -0.25) is 0 Å². The molecule has 1 saturated carbocycles. The molecule has 2 aliphatic rings. The highest BCUT2D eigenvalue weighted by Gasteiger charge is 2.28. The minimum atomic E-state index is 0.280. The van der Waals surface area contributed by atoms with Crippen molar-refractivity contribution in [1.82, 2.24) is 25.1 Å². The predicted octanol–water partition coefficient (Wildman–Crippen LogP) is 1.94. The van der Waals surface area contributed by atoms with E-state index in [2.05, 4.69) is 32.4 Å². The molecule has 0 amide bonds. The largest absolute Gasteiger partial charge is 0.306 e. The molecular formula is C12H15N5S. The van der Waals surface area contributed by atoms with E-state index in [0.717, 1.165) is 29.7 Å². The van der Waals surface area contributed by atoms with Gasteiger partial charge < -0.3 is 9.88 Å². The summed E-state index contributed by atoms with van der Waals surface area (Å²) in [5.74, 6) is 2.68. The lowest BCUT2D eigenvalue weighted by molar-refractivity contribution is 0.439. The van der Waals surface area contributed by atoms with E-state index in [1.807, 2.05) is 0 Å².